The van der Waals surface area contributed by atoms with Crippen molar-refractivity contribution >= 4 is 21.8 Å². The number of rotatable bonds is 7. The molecular weight excluding hydrogens is 409 g/mol. The molecule has 3 rings (SSSR count). The zero-order valence-corrected chi connectivity index (χ0v) is 16.9. The smallest absolute Gasteiger partial charge is 0.252 e. The molecule has 1 amide bonds. The van der Waals surface area contributed by atoms with E-state index in [1.54, 1.807) is 0 Å². The lowest BCUT2D eigenvalue weighted by molar-refractivity contribution is 0.0946. The number of hydrogen-bond acceptors (Lipinski definition) is 3. The van der Waals surface area contributed by atoms with Crippen LogP contribution in [-0.2, 0) is 6.54 Å². The topological polar surface area (TPSA) is 35.6 Å². The number of nitrogens with one attached hydrogen (secondary N) is 1. The van der Waals surface area contributed by atoms with Crippen molar-refractivity contribution in [1.29, 1.82) is 0 Å². The molecule has 1 aliphatic heterocycles. The fraction of sp³-hybridized carbons (Fsp3) is 0.381. The van der Waals surface area contributed by atoms with Crippen LogP contribution >= 0.6 is 15.9 Å². The van der Waals surface area contributed by atoms with Gasteiger partial charge in [0.05, 0.1) is 5.56 Å². The zero-order chi connectivity index (χ0) is 19.1. The summed E-state index contributed by atoms with van der Waals surface area (Å²) in [6.07, 6.45) is 0.906. The van der Waals surface area contributed by atoms with Gasteiger partial charge in [0.15, 0.2) is 0 Å². The molecule has 0 atom stereocenters. The Kier molecular flexibility index (Phi) is 7.38. The molecule has 4 nitrogen and oxygen atoms in total. The summed E-state index contributed by atoms with van der Waals surface area (Å²) in [6, 6.07) is 14.7. The number of hydrogen-bond donors (Lipinski definition) is 1. The van der Waals surface area contributed by atoms with Crippen LogP contribution in [-0.4, -0.2) is 55.0 Å². The Balaban J connectivity index is 1.33. The monoisotopic (exact) mass is 433 g/mol. The molecule has 6 heteroatoms. The van der Waals surface area contributed by atoms with Crippen molar-refractivity contribution in [3.63, 3.8) is 0 Å². The van der Waals surface area contributed by atoms with Gasteiger partial charge in [-0.2, -0.15) is 0 Å². The summed E-state index contributed by atoms with van der Waals surface area (Å²) < 4.78 is 13.6. The fourth-order valence-electron chi connectivity index (χ4n) is 3.29. The molecule has 0 aliphatic carbocycles. The molecule has 0 unspecified atom stereocenters. The highest BCUT2D eigenvalue weighted by molar-refractivity contribution is 9.10. The number of nitrogens with zero attached hydrogens (tertiary/aromatic N) is 2. The zero-order valence-electron chi connectivity index (χ0n) is 15.3. The third-order valence-corrected chi connectivity index (χ3v) is 5.48. The number of benzene rings is 2. The normalized spacial score (nSPS) is 15.6. The van der Waals surface area contributed by atoms with Crippen LogP contribution in [0.1, 0.15) is 22.3 Å². The number of carbonyl (C=O) groups excluding carboxylic acids is 1. The van der Waals surface area contributed by atoms with E-state index >= 15 is 0 Å². The van der Waals surface area contributed by atoms with Gasteiger partial charge in [0.25, 0.3) is 5.91 Å². The van der Waals surface area contributed by atoms with E-state index in [-0.39, 0.29) is 11.7 Å². The minimum atomic E-state index is -0.357. The van der Waals surface area contributed by atoms with Crippen LogP contribution in [0.15, 0.2) is 53.0 Å². The van der Waals surface area contributed by atoms with Crippen molar-refractivity contribution in [3.8, 4) is 0 Å². The molecule has 144 valence electrons. The fourth-order valence-corrected chi connectivity index (χ4v) is 3.82. The predicted molar refractivity (Wildman–Crippen MR) is 109 cm³/mol. The molecule has 0 aromatic heterocycles. The van der Waals surface area contributed by atoms with Crippen molar-refractivity contribution in [2.75, 3.05) is 39.3 Å². The highest BCUT2D eigenvalue weighted by Crippen LogP contribution is 2.17. The highest BCUT2D eigenvalue weighted by Gasteiger charge is 2.16. The van der Waals surface area contributed by atoms with Gasteiger partial charge in [0.2, 0.25) is 0 Å². The molecule has 1 aliphatic rings. The van der Waals surface area contributed by atoms with E-state index in [1.165, 1.54) is 23.8 Å². The summed E-state index contributed by atoms with van der Waals surface area (Å²) >= 11 is 3.23. The molecule has 0 radical (unpaired) electrons. The summed E-state index contributed by atoms with van der Waals surface area (Å²) in [4.78, 5) is 17.1. The molecule has 0 spiro atoms. The Labute approximate surface area is 168 Å². The van der Waals surface area contributed by atoms with Crippen LogP contribution < -0.4 is 5.32 Å². The van der Waals surface area contributed by atoms with Gasteiger partial charge in [-0.1, -0.05) is 30.3 Å². The quantitative estimate of drug-likeness (QED) is 0.678. The minimum absolute atomic E-state index is 0.172. The van der Waals surface area contributed by atoms with E-state index in [2.05, 4.69) is 61.4 Å². The van der Waals surface area contributed by atoms with Crippen LogP contribution in [0, 0.1) is 5.82 Å². The first-order valence-corrected chi connectivity index (χ1v) is 10.1. The van der Waals surface area contributed by atoms with Gasteiger partial charge in [0, 0.05) is 43.7 Å². The number of amides is 1. The Hall–Kier alpha value is -1.76. The first kappa shape index (κ1) is 20.0. The average Bonchev–Trinajstić information content (AvgIpc) is 2.67. The number of piperazine rings is 1. The maximum Gasteiger partial charge on any atom is 0.252 e. The first-order chi connectivity index (χ1) is 13.1. The maximum absolute atomic E-state index is 13.1. The molecule has 2 aromatic rings. The first-order valence-electron chi connectivity index (χ1n) is 9.34. The summed E-state index contributed by atoms with van der Waals surface area (Å²) in [5, 5.41) is 2.91. The highest BCUT2D eigenvalue weighted by atomic mass is 79.9. The predicted octanol–water partition coefficient (Wildman–Crippen LogP) is 3.53. The second-order valence-corrected chi connectivity index (χ2v) is 7.69. The van der Waals surface area contributed by atoms with E-state index < -0.39 is 0 Å². The average molecular weight is 434 g/mol. The summed E-state index contributed by atoms with van der Waals surface area (Å²) in [7, 11) is 0. The molecule has 27 heavy (non-hydrogen) atoms. The van der Waals surface area contributed by atoms with Crippen LogP contribution in [0.25, 0.3) is 0 Å². The van der Waals surface area contributed by atoms with Crippen molar-refractivity contribution in [2.24, 2.45) is 0 Å². The Morgan fingerprint density at radius 2 is 1.74 bits per heavy atom. The van der Waals surface area contributed by atoms with Gasteiger partial charge < -0.3 is 10.2 Å². The van der Waals surface area contributed by atoms with E-state index in [1.807, 2.05) is 0 Å². The van der Waals surface area contributed by atoms with Crippen molar-refractivity contribution in [2.45, 2.75) is 13.0 Å². The van der Waals surface area contributed by atoms with E-state index in [9.17, 15) is 9.18 Å². The van der Waals surface area contributed by atoms with E-state index in [0.717, 1.165) is 45.7 Å². The molecule has 0 saturated carbocycles. The van der Waals surface area contributed by atoms with Gasteiger partial charge in [-0.05, 0) is 52.7 Å². The SMILES string of the molecule is O=C(NCCCN1CCN(Cc2ccccc2)CC1)c1ccc(F)cc1Br. The van der Waals surface area contributed by atoms with Gasteiger partial charge >= 0.3 is 0 Å². The molecule has 1 N–H and O–H groups in total. The van der Waals surface area contributed by atoms with Crippen molar-refractivity contribution in [3.05, 3.63) is 69.9 Å². The van der Waals surface area contributed by atoms with Crippen LogP contribution in [0.3, 0.4) is 0 Å². The van der Waals surface area contributed by atoms with E-state index in [0.29, 0.717) is 16.6 Å². The molecule has 1 heterocycles. The molecule has 1 saturated heterocycles. The molecule has 0 bridgehead atoms. The standard InChI is InChI=1S/C21H25BrFN3O/c22-20-15-18(23)7-8-19(20)21(27)24-9-4-10-25-11-13-26(14-12-25)16-17-5-2-1-3-6-17/h1-3,5-8,15H,4,9-14,16H2,(H,24,27). The van der Waals surface area contributed by atoms with Crippen LogP contribution in [0.5, 0.6) is 0 Å². The lowest BCUT2D eigenvalue weighted by Gasteiger charge is -2.34. The van der Waals surface area contributed by atoms with Crippen molar-refractivity contribution in [1.82, 2.24) is 15.1 Å². The number of halogens is 2. The largest absolute Gasteiger partial charge is 0.352 e. The second kappa shape index (κ2) is 9.97. The van der Waals surface area contributed by atoms with E-state index in [4.69, 9.17) is 0 Å². The molecule has 1 fully saturated rings. The summed E-state index contributed by atoms with van der Waals surface area (Å²) in [5.41, 5.74) is 1.83. The Morgan fingerprint density at radius 3 is 2.44 bits per heavy atom. The lowest BCUT2D eigenvalue weighted by Crippen LogP contribution is -2.46. The van der Waals surface area contributed by atoms with Gasteiger partial charge in [-0.25, -0.2) is 4.39 Å². The Morgan fingerprint density at radius 1 is 1.04 bits per heavy atom. The molecular formula is C21H25BrFN3O. The Bertz CT molecular complexity index is 748. The second-order valence-electron chi connectivity index (χ2n) is 6.84. The summed E-state index contributed by atoms with van der Waals surface area (Å²) in [6.45, 7) is 6.87. The van der Waals surface area contributed by atoms with Gasteiger partial charge in [0.1, 0.15) is 5.82 Å². The molecule has 2 aromatic carbocycles. The lowest BCUT2D eigenvalue weighted by atomic mass is 10.2. The third kappa shape index (κ3) is 6.13. The van der Waals surface area contributed by atoms with Gasteiger partial charge in [-0.15, -0.1) is 0 Å². The minimum Gasteiger partial charge on any atom is -0.352 e. The number of carbonyl (C=O) groups is 1. The van der Waals surface area contributed by atoms with Crippen LogP contribution in [0.4, 0.5) is 4.39 Å². The van der Waals surface area contributed by atoms with Crippen molar-refractivity contribution < 1.29 is 9.18 Å². The maximum atomic E-state index is 13.1. The summed E-state index contributed by atoms with van der Waals surface area (Å²) in [5.74, 6) is -0.528. The van der Waals surface area contributed by atoms with Crippen LogP contribution in [0.2, 0.25) is 0 Å². The van der Waals surface area contributed by atoms with Gasteiger partial charge in [-0.3, -0.25) is 9.69 Å². The third-order valence-electron chi connectivity index (χ3n) is 4.83.